The lowest BCUT2D eigenvalue weighted by molar-refractivity contribution is 0.0958. The summed E-state index contributed by atoms with van der Waals surface area (Å²) in [5.41, 5.74) is 6.21. The molecule has 0 saturated carbocycles. The quantitative estimate of drug-likeness (QED) is 0.817. The van der Waals surface area contributed by atoms with Crippen LogP contribution in [0.4, 0.5) is 0 Å². The molecule has 2 aromatic heterocycles. The van der Waals surface area contributed by atoms with Crippen molar-refractivity contribution in [3.63, 3.8) is 0 Å². The Balaban J connectivity index is 0.00000242. The van der Waals surface area contributed by atoms with Crippen LogP contribution in [0.1, 0.15) is 21.1 Å². The molecule has 0 unspecified atom stereocenters. The summed E-state index contributed by atoms with van der Waals surface area (Å²) >= 11 is 1.31. The first-order chi connectivity index (χ1) is 10.1. The normalized spacial score (nSPS) is 10.4. The minimum Gasteiger partial charge on any atom is -0.480 e. The Labute approximate surface area is 138 Å². The molecular formula is C13H19ClN4O3S. The number of carbonyl (C=O) groups is 1. The Morgan fingerprint density at radius 3 is 2.68 bits per heavy atom. The lowest BCUT2D eigenvalue weighted by Gasteiger charge is -2.05. The van der Waals surface area contributed by atoms with Crippen molar-refractivity contribution in [2.75, 3.05) is 27.3 Å². The number of nitrogens with two attached hydrogens (primary N) is 1. The van der Waals surface area contributed by atoms with Crippen LogP contribution >= 0.6 is 23.7 Å². The van der Waals surface area contributed by atoms with Gasteiger partial charge in [0.15, 0.2) is 5.82 Å². The Kier molecular flexibility index (Phi) is 6.95. The summed E-state index contributed by atoms with van der Waals surface area (Å²) in [5, 5.41) is 3.52. The third kappa shape index (κ3) is 3.64. The van der Waals surface area contributed by atoms with Crippen LogP contribution in [0.3, 0.4) is 0 Å². The third-order valence-electron chi connectivity index (χ3n) is 2.91. The van der Waals surface area contributed by atoms with E-state index in [2.05, 4.69) is 15.3 Å². The largest absolute Gasteiger partial charge is 0.480 e. The molecule has 2 aromatic rings. The van der Waals surface area contributed by atoms with Crippen molar-refractivity contribution in [1.29, 1.82) is 0 Å². The number of aromatic nitrogens is 2. The summed E-state index contributed by atoms with van der Waals surface area (Å²) in [6.07, 6.45) is 0. The lowest BCUT2D eigenvalue weighted by atomic mass is 10.2. The number of hydrogen-bond donors (Lipinski definition) is 2. The molecule has 0 atom stereocenters. The first kappa shape index (κ1) is 18.6. The van der Waals surface area contributed by atoms with Crippen LogP contribution in [-0.2, 0) is 11.3 Å². The number of nitrogens with one attached hydrogen (secondary N) is 1. The molecule has 0 aliphatic rings. The number of methoxy groups -OCH3 is 2. The van der Waals surface area contributed by atoms with Gasteiger partial charge in [0.2, 0.25) is 5.88 Å². The van der Waals surface area contributed by atoms with Crippen molar-refractivity contribution < 1.29 is 14.3 Å². The van der Waals surface area contributed by atoms with Crippen LogP contribution in [0, 0.1) is 6.92 Å². The Bertz CT molecular complexity index is 662. The minimum atomic E-state index is -0.156. The number of amides is 1. The maximum atomic E-state index is 12.1. The van der Waals surface area contributed by atoms with Gasteiger partial charge in [-0.3, -0.25) is 4.79 Å². The maximum Gasteiger partial charge on any atom is 0.261 e. The first-order valence-corrected chi connectivity index (χ1v) is 7.25. The van der Waals surface area contributed by atoms with Gasteiger partial charge in [-0.2, -0.15) is 4.98 Å². The molecule has 1 amide bonds. The summed E-state index contributed by atoms with van der Waals surface area (Å²) in [7, 11) is 3.12. The number of thiophene rings is 1. The van der Waals surface area contributed by atoms with Crippen molar-refractivity contribution in [3.8, 4) is 5.88 Å². The van der Waals surface area contributed by atoms with Gasteiger partial charge in [-0.05, 0) is 12.5 Å². The number of carbonyl (C=O) groups excluding carboxylic acids is 1. The van der Waals surface area contributed by atoms with E-state index in [4.69, 9.17) is 15.2 Å². The van der Waals surface area contributed by atoms with E-state index >= 15 is 0 Å². The van der Waals surface area contributed by atoms with Crippen LogP contribution in [0.2, 0.25) is 0 Å². The lowest BCUT2D eigenvalue weighted by Crippen LogP contribution is -2.28. The number of nitrogens with zero attached hydrogens (tertiary/aromatic N) is 2. The number of ether oxygens (including phenoxy) is 2. The molecule has 0 aliphatic heterocycles. The molecule has 0 aromatic carbocycles. The standard InChI is InChI=1S/C13H18N4O3S.ClH/c1-7-9-12(20-3)16-8(6-19-2)17-13(9)21-10(7)11(18)15-5-4-14;/h4-6,14H2,1-3H3,(H,15,18);1H. The molecule has 0 spiro atoms. The molecule has 0 bridgehead atoms. The SMILES string of the molecule is COCc1nc(OC)c2c(C)c(C(=O)NCCN)sc2n1.Cl. The highest BCUT2D eigenvalue weighted by Gasteiger charge is 2.20. The van der Waals surface area contributed by atoms with Gasteiger partial charge in [-0.1, -0.05) is 0 Å². The zero-order valence-corrected chi connectivity index (χ0v) is 14.3. The van der Waals surface area contributed by atoms with E-state index in [0.29, 0.717) is 34.5 Å². The second kappa shape index (κ2) is 8.23. The van der Waals surface area contributed by atoms with Gasteiger partial charge < -0.3 is 20.5 Å². The molecule has 0 radical (unpaired) electrons. The number of rotatable bonds is 6. The number of fused-ring (bicyclic) bond motifs is 1. The fourth-order valence-corrected chi connectivity index (χ4v) is 3.07. The van der Waals surface area contributed by atoms with Gasteiger partial charge in [0.05, 0.1) is 17.4 Å². The Morgan fingerprint density at radius 1 is 1.36 bits per heavy atom. The van der Waals surface area contributed by atoms with E-state index in [9.17, 15) is 4.79 Å². The van der Waals surface area contributed by atoms with Crippen molar-refractivity contribution in [3.05, 3.63) is 16.3 Å². The van der Waals surface area contributed by atoms with Crippen molar-refractivity contribution in [1.82, 2.24) is 15.3 Å². The van der Waals surface area contributed by atoms with E-state index < -0.39 is 0 Å². The van der Waals surface area contributed by atoms with E-state index in [1.54, 1.807) is 14.2 Å². The number of hydrogen-bond acceptors (Lipinski definition) is 7. The molecule has 3 N–H and O–H groups in total. The van der Waals surface area contributed by atoms with Gasteiger partial charge >= 0.3 is 0 Å². The highest BCUT2D eigenvalue weighted by molar-refractivity contribution is 7.20. The van der Waals surface area contributed by atoms with Gasteiger partial charge in [-0.25, -0.2) is 4.98 Å². The fourth-order valence-electron chi connectivity index (χ4n) is 1.97. The molecule has 122 valence electrons. The zero-order valence-electron chi connectivity index (χ0n) is 12.6. The van der Waals surface area contributed by atoms with Gasteiger partial charge in [0.1, 0.15) is 11.4 Å². The Morgan fingerprint density at radius 2 is 2.09 bits per heavy atom. The molecule has 0 saturated heterocycles. The summed E-state index contributed by atoms with van der Waals surface area (Å²) < 4.78 is 10.4. The predicted molar refractivity (Wildman–Crippen MR) is 88.1 cm³/mol. The fraction of sp³-hybridized carbons (Fsp3) is 0.462. The molecule has 7 nitrogen and oxygen atoms in total. The molecular weight excluding hydrogens is 328 g/mol. The topological polar surface area (TPSA) is 99.4 Å². The molecule has 2 heterocycles. The van der Waals surface area contributed by atoms with Gasteiger partial charge in [0.25, 0.3) is 5.91 Å². The van der Waals surface area contributed by atoms with E-state index in [1.807, 2.05) is 6.92 Å². The summed E-state index contributed by atoms with van der Waals surface area (Å²) in [6.45, 7) is 2.98. The Hall–Kier alpha value is -1.48. The van der Waals surface area contributed by atoms with Crippen molar-refractivity contribution in [2.24, 2.45) is 5.73 Å². The maximum absolute atomic E-state index is 12.1. The van der Waals surface area contributed by atoms with Crippen molar-refractivity contribution in [2.45, 2.75) is 13.5 Å². The average molecular weight is 347 g/mol. The summed E-state index contributed by atoms with van der Waals surface area (Å²) in [4.78, 5) is 22.2. The van der Waals surface area contributed by atoms with E-state index in [1.165, 1.54) is 11.3 Å². The molecule has 0 aliphatic carbocycles. The highest BCUT2D eigenvalue weighted by atomic mass is 35.5. The van der Waals surface area contributed by atoms with Crippen LogP contribution in [-0.4, -0.2) is 43.2 Å². The zero-order chi connectivity index (χ0) is 15.4. The van der Waals surface area contributed by atoms with Gasteiger partial charge in [0, 0.05) is 20.2 Å². The summed E-state index contributed by atoms with van der Waals surface area (Å²) in [6, 6.07) is 0. The van der Waals surface area contributed by atoms with Crippen LogP contribution in [0.15, 0.2) is 0 Å². The second-order valence-electron chi connectivity index (χ2n) is 4.36. The third-order valence-corrected chi connectivity index (χ3v) is 4.09. The molecule has 9 heteroatoms. The molecule has 22 heavy (non-hydrogen) atoms. The number of halogens is 1. The van der Waals surface area contributed by atoms with E-state index in [-0.39, 0.29) is 24.9 Å². The smallest absolute Gasteiger partial charge is 0.261 e. The second-order valence-corrected chi connectivity index (χ2v) is 5.36. The van der Waals surface area contributed by atoms with Gasteiger partial charge in [-0.15, -0.1) is 23.7 Å². The minimum absolute atomic E-state index is 0. The monoisotopic (exact) mass is 346 g/mol. The van der Waals surface area contributed by atoms with Crippen LogP contribution in [0.25, 0.3) is 10.2 Å². The predicted octanol–water partition coefficient (Wildman–Crippen LogP) is 1.27. The number of aryl methyl sites for hydroxylation is 1. The van der Waals surface area contributed by atoms with Crippen molar-refractivity contribution >= 4 is 39.9 Å². The highest BCUT2D eigenvalue weighted by Crippen LogP contribution is 2.34. The van der Waals surface area contributed by atoms with Crippen LogP contribution in [0.5, 0.6) is 5.88 Å². The van der Waals surface area contributed by atoms with E-state index in [0.717, 1.165) is 10.9 Å². The molecule has 0 fully saturated rings. The summed E-state index contributed by atoms with van der Waals surface area (Å²) in [5.74, 6) is 0.826. The first-order valence-electron chi connectivity index (χ1n) is 6.43. The molecule has 2 rings (SSSR count). The average Bonchev–Trinajstić information content (AvgIpc) is 2.81. The van der Waals surface area contributed by atoms with Crippen LogP contribution < -0.4 is 15.8 Å².